The Bertz CT molecular complexity index is 895. The Balaban J connectivity index is 1.74. The van der Waals surface area contributed by atoms with Crippen molar-refractivity contribution in [1.29, 1.82) is 5.26 Å². The first kappa shape index (κ1) is 19.9. The van der Waals surface area contributed by atoms with E-state index in [1.165, 1.54) is 16.2 Å². The van der Waals surface area contributed by atoms with E-state index in [9.17, 15) is 5.26 Å². The van der Waals surface area contributed by atoms with Crippen LogP contribution in [-0.4, -0.2) is 24.8 Å². The molecule has 0 aliphatic carbocycles. The predicted octanol–water partition coefficient (Wildman–Crippen LogP) is 3.03. The average Bonchev–Trinajstić information content (AvgIpc) is 3.16. The van der Waals surface area contributed by atoms with Crippen molar-refractivity contribution in [2.24, 2.45) is 0 Å². The lowest BCUT2D eigenvalue weighted by molar-refractivity contribution is -0.928. The Kier molecular flexibility index (Phi) is 7.43. The van der Waals surface area contributed by atoms with E-state index in [0.717, 1.165) is 50.3 Å². The summed E-state index contributed by atoms with van der Waals surface area (Å²) in [5.74, 6) is 0. The summed E-state index contributed by atoms with van der Waals surface area (Å²) in [6.07, 6.45) is 3.15. The van der Waals surface area contributed by atoms with Gasteiger partial charge >= 0.3 is 0 Å². The molecule has 0 saturated carbocycles. The number of aromatic nitrogens is 1. The zero-order chi connectivity index (χ0) is 19.6. The van der Waals surface area contributed by atoms with Crippen molar-refractivity contribution in [3.63, 3.8) is 0 Å². The zero-order valence-electron chi connectivity index (χ0n) is 16.5. The summed E-state index contributed by atoms with van der Waals surface area (Å²) in [5.41, 5.74) is 4.49. The molecule has 0 aliphatic heterocycles. The third-order valence-corrected chi connectivity index (χ3v) is 5.01. The van der Waals surface area contributed by atoms with Gasteiger partial charge in [0.2, 0.25) is 0 Å². The molecule has 3 rings (SSSR count). The van der Waals surface area contributed by atoms with Gasteiger partial charge in [-0.05, 0) is 23.8 Å². The van der Waals surface area contributed by atoms with Crippen molar-refractivity contribution in [2.75, 3.05) is 20.3 Å². The highest BCUT2D eigenvalue weighted by atomic mass is 16.5. The summed E-state index contributed by atoms with van der Waals surface area (Å²) >= 11 is 0. The maximum atomic E-state index is 9.43. The Morgan fingerprint density at radius 3 is 2.54 bits per heavy atom. The molecule has 0 fully saturated rings. The molecule has 0 bridgehead atoms. The van der Waals surface area contributed by atoms with E-state index in [2.05, 4.69) is 59.3 Å². The van der Waals surface area contributed by atoms with Crippen LogP contribution in [0.25, 0.3) is 0 Å². The quantitative estimate of drug-likeness (QED) is 0.554. The minimum Gasteiger partial charge on any atom is -0.384 e. The molecule has 1 unspecified atom stereocenters. The molecule has 28 heavy (non-hydrogen) atoms. The Labute approximate surface area is 167 Å². The van der Waals surface area contributed by atoms with Crippen LogP contribution in [0.3, 0.4) is 0 Å². The van der Waals surface area contributed by atoms with Gasteiger partial charge in [0, 0.05) is 31.8 Å². The lowest BCUT2D eigenvalue weighted by atomic mass is 10.1. The fraction of sp³-hybridized carbons (Fsp3) is 0.292. The van der Waals surface area contributed by atoms with Crippen LogP contribution in [0.4, 0.5) is 0 Å². The van der Waals surface area contributed by atoms with E-state index >= 15 is 0 Å². The molecule has 1 N–H and O–H groups in total. The third-order valence-electron chi connectivity index (χ3n) is 5.01. The van der Waals surface area contributed by atoms with Crippen molar-refractivity contribution < 1.29 is 9.64 Å². The molecular weight excluding hydrogens is 346 g/mol. The number of benzene rings is 2. The highest BCUT2D eigenvalue weighted by Crippen LogP contribution is 2.09. The molecule has 1 atom stereocenters. The van der Waals surface area contributed by atoms with Crippen LogP contribution in [0.1, 0.15) is 28.8 Å². The van der Waals surface area contributed by atoms with Gasteiger partial charge in [0.15, 0.2) is 0 Å². The molecule has 4 heteroatoms. The lowest BCUT2D eigenvalue weighted by Gasteiger charge is -2.21. The Morgan fingerprint density at radius 2 is 1.75 bits per heavy atom. The van der Waals surface area contributed by atoms with E-state index in [4.69, 9.17) is 4.74 Å². The van der Waals surface area contributed by atoms with Crippen molar-refractivity contribution >= 4 is 0 Å². The number of hydrogen-bond donors (Lipinski definition) is 1. The Morgan fingerprint density at radius 1 is 0.964 bits per heavy atom. The predicted molar refractivity (Wildman–Crippen MR) is 111 cm³/mol. The summed E-state index contributed by atoms with van der Waals surface area (Å²) in [6, 6.07) is 25.1. The zero-order valence-corrected chi connectivity index (χ0v) is 16.5. The van der Waals surface area contributed by atoms with E-state index in [1.807, 2.05) is 24.3 Å². The highest BCUT2D eigenvalue weighted by Gasteiger charge is 2.15. The van der Waals surface area contributed by atoms with Crippen LogP contribution >= 0.6 is 0 Å². The number of ether oxygens (including phenoxy) is 1. The maximum Gasteiger partial charge on any atom is 0.118 e. The van der Waals surface area contributed by atoms with Crippen molar-refractivity contribution in [1.82, 2.24) is 4.57 Å². The lowest BCUT2D eigenvalue weighted by Crippen LogP contribution is -3.09. The number of rotatable bonds is 10. The highest BCUT2D eigenvalue weighted by molar-refractivity contribution is 5.36. The molecule has 3 aromatic rings. The normalized spacial score (nSPS) is 11.9. The topological polar surface area (TPSA) is 42.4 Å². The molecule has 2 aromatic carbocycles. The monoisotopic (exact) mass is 374 g/mol. The van der Waals surface area contributed by atoms with Crippen molar-refractivity contribution in [3.05, 3.63) is 95.3 Å². The van der Waals surface area contributed by atoms with Gasteiger partial charge in [0.25, 0.3) is 0 Å². The molecule has 1 aromatic heterocycles. The fourth-order valence-corrected chi connectivity index (χ4v) is 3.56. The molecule has 1 heterocycles. The van der Waals surface area contributed by atoms with Crippen LogP contribution in [0.2, 0.25) is 0 Å². The van der Waals surface area contributed by atoms with Crippen LogP contribution in [0, 0.1) is 11.3 Å². The van der Waals surface area contributed by atoms with Crippen LogP contribution in [0.5, 0.6) is 0 Å². The van der Waals surface area contributed by atoms with Crippen molar-refractivity contribution in [2.45, 2.75) is 26.1 Å². The summed E-state index contributed by atoms with van der Waals surface area (Å²) in [7, 11) is 1.75. The Hall–Kier alpha value is -2.87. The van der Waals surface area contributed by atoms with Gasteiger partial charge < -0.3 is 14.2 Å². The smallest absolute Gasteiger partial charge is 0.118 e. The second-order valence-corrected chi connectivity index (χ2v) is 7.08. The molecule has 0 spiro atoms. The first-order valence-corrected chi connectivity index (χ1v) is 9.78. The molecule has 0 saturated heterocycles. The average molecular weight is 375 g/mol. The maximum absolute atomic E-state index is 9.43. The van der Waals surface area contributed by atoms with E-state index in [-0.39, 0.29) is 0 Å². The SMILES string of the molecule is COCCC[NH+](Cc1ccccc1C#N)Cc1cccn1Cc1ccccc1. The minimum absolute atomic E-state index is 0.758. The molecule has 0 amide bonds. The standard InChI is InChI=1S/C24H27N3O/c1-28-16-8-14-26(19-23-12-6-5-11-22(23)17-25)20-24-13-7-15-27(24)18-21-9-3-2-4-10-21/h2-7,9-13,15H,8,14,16,18-20H2,1H3/p+1. The van der Waals surface area contributed by atoms with E-state index < -0.39 is 0 Å². The summed E-state index contributed by atoms with van der Waals surface area (Å²) in [5, 5.41) is 9.43. The molecule has 0 aliphatic rings. The van der Waals surface area contributed by atoms with Crippen LogP contribution in [0.15, 0.2) is 72.9 Å². The van der Waals surface area contributed by atoms with E-state index in [0.29, 0.717) is 0 Å². The number of nitrogens with one attached hydrogen (secondary N) is 1. The summed E-state index contributed by atoms with van der Waals surface area (Å²) in [4.78, 5) is 1.44. The van der Waals surface area contributed by atoms with Gasteiger partial charge in [-0.3, -0.25) is 0 Å². The number of nitrogens with zero attached hydrogens (tertiary/aromatic N) is 2. The number of nitriles is 1. The van der Waals surface area contributed by atoms with Gasteiger partial charge in [0.05, 0.1) is 30.5 Å². The third kappa shape index (κ3) is 5.56. The molecule has 4 nitrogen and oxygen atoms in total. The molecular formula is C24H28N3O+. The first-order chi connectivity index (χ1) is 13.8. The molecule has 0 radical (unpaired) electrons. The largest absolute Gasteiger partial charge is 0.384 e. The minimum atomic E-state index is 0.758. The van der Waals surface area contributed by atoms with Crippen LogP contribution in [-0.2, 0) is 24.4 Å². The summed E-state index contributed by atoms with van der Waals surface area (Å²) in [6.45, 7) is 4.40. The van der Waals surface area contributed by atoms with Gasteiger partial charge in [-0.1, -0.05) is 48.5 Å². The second kappa shape index (κ2) is 10.5. The fourth-order valence-electron chi connectivity index (χ4n) is 3.56. The van der Waals surface area contributed by atoms with Crippen molar-refractivity contribution in [3.8, 4) is 6.07 Å². The van der Waals surface area contributed by atoms with Crippen LogP contribution < -0.4 is 4.90 Å². The first-order valence-electron chi connectivity index (χ1n) is 9.78. The van der Waals surface area contributed by atoms with E-state index in [1.54, 1.807) is 7.11 Å². The number of quaternary nitrogens is 1. The number of methoxy groups -OCH3 is 1. The van der Waals surface area contributed by atoms with Gasteiger partial charge in [-0.25, -0.2) is 0 Å². The molecule has 144 valence electrons. The second-order valence-electron chi connectivity index (χ2n) is 7.08. The van der Waals surface area contributed by atoms with Gasteiger partial charge in [0.1, 0.15) is 13.1 Å². The number of hydrogen-bond acceptors (Lipinski definition) is 2. The van der Waals surface area contributed by atoms with Gasteiger partial charge in [-0.15, -0.1) is 0 Å². The summed E-state index contributed by atoms with van der Waals surface area (Å²) < 4.78 is 7.58. The van der Waals surface area contributed by atoms with Gasteiger partial charge in [-0.2, -0.15) is 5.26 Å².